The normalized spacial score (nSPS) is 29.6. The lowest BCUT2D eigenvalue weighted by Crippen LogP contribution is -2.32. The van der Waals surface area contributed by atoms with Crippen molar-refractivity contribution in [3.8, 4) is 0 Å². The van der Waals surface area contributed by atoms with E-state index in [2.05, 4.69) is 31.0 Å². The number of nitrogens with one attached hydrogen (secondary N) is 1. The first-order valence-corrected chi connectivity index (χ1v) is 6.44. The van der Waals surface area contributed by atoms with Gasteiger partial charge in [0.1, 0.15) is 0 Å². The van der Waals surface area contributed by atoms with E-state index in [9.17, 15) is 4.79 Å². The number of carbonyl (C=O) groups is 1. The van der Waals surface area contributed by atoms with Crippen LogP contribution in [0.15, 0.2) is 0 Å². The van der Waals surface area contributed by atoms with Crippen molar-refractivity contribution in [3.05, 3.63) is 0 Å². The molecule has 2 atom stereocenters. The summed E-state index contributed by atoms with van der Waals surface area (Å²) in [4.78, 5) is 14.1. The van der Waals surface area contributed by atoms with E-state index in [-0.39, 0.29) is 5.41 Å². The third kappa shape index (κ3) is 2.76. The molecule has 0 spiro atoms. The molecule has 0 aliphatic carbocycles. The third-order valence-electron chi connectivity index (χ3n) is 3.83. The molecule has 0 unspecified atom stereocenters. The number of hydrogen-bond acceptors (Lipinski definition) is 2. The highest BCUT2D eigenvalue weighted by Crippen LogP contribution is 2.28. The highest BCUT2D eigenvalue weighted by atomic mass is 16.2. The smallest absolute Gasteiger partial charge is 0.222 e. The van der Waals surface area contributed by atoms with Gasteiger partial charge < -0.3 is 10.2 Å². The van der Waals surface area contributed by atoms with Crippen LogP contribution in [0, 0.1) is 17.3 Å². The van der Waals surface area contributed by atoms with Crippen LogP contribution in [0.5, 0.6) is 0 Å². The summed E-state index contributed by atoms with van der Waals surface area (Å²) in [6.07, 6.45) is 1.71. The maximum Gasteiger partial charge on any atom is 0.222 e. The Morgan fingerprint density at radius 3 is 2.31 bits per heavy atom. The maximum atomic E-state index is 12.0. The lowest BCUT2D eigenvalue weighted by molar-refractivity contribution is -0.131. The van der Waals surface area contributed by atoms with Crippen molar-refractivity contribution in [2.45, 2.75) is 33.6 Å². The Balaban J connectivity index is 1.79. The molecule has 2 saturated heterocycles. The van der Waals surface area contributed by atoms with Crippen LogP contribution in [0.4, 0.5) is 0 Å². The molecular weight excluding hydrogens is 200 g/mol. The highest BCUT2D eigenvalue weighted by Gasteiger charge is 2.37. The van der Waals surface area contributed by atoms with E-state index in [4.69, 9.17) is 0 Å². The average Bonchev–Trinajstić information content (AvgIpc) is 2.71. The summed E-state index contributed by atoms with van der Waals surface area (Å²) in [6, 6.07) is 0. The Morgan fingerprint density at radius 2 is 1.81 bits per heavy atom. The zero-order chi connectivity index (χ0) is 11.8. The molecular formula is C13H24N2O. The van der Waals surface area contributed by atoms with E-state index in [1.54, 1.807) is 0 Å². The fraction of sp³-hybridized carbons (Fsp3) is 0.923. The van der Waals surface area contributed by atoms with Gasteiger partial charge >= 0.3 is 0 Å². The molecule has 2 aliphatic heterocycles. The van der Waals surface area contributed by atoms with Gasteiger partial charge in [-0.05, 0) is 23.7 Å². The Bertz CT molecular complexity index is 258. The van der Waals surface area contributed by atoms with Crippen LogP contribution in [0.1, 0.15) is 33.6 Å². The van der Waals surface area contributed by atoms with Crippen LogP contribution in [0.25, 0.3) is 0 Å². The predicted molar refractivity (Wildman–Crippen MR) is 65.1 cm³/mol. The quantitative estimate of drug-likeness (QED) is 0.771. The fourth-order valence-electron chi connectivity index (χ4n) is 2.70. The molecule has 16 heavy (non-hydrogen) atoms. The van der Waals surface area contributed by atoms with Crippen molar-refractivity contribution in [2.75, 3.05) is 26.2 Å². The van der Waals surface area contributed by atoms with Crippen LogP contribution in [0.3, 0.4) is 0 Å². The molecule has 0 aromatic rings. The minimum absolute atomic E-state index is 0.271. The molecule has 2 rings (SSSR count). The standard InChI is InChI=1S/C13H24N2O/c1-13(2,3)5-4-12(16)15-8-10-6-14-7-11(10)9-15/h10-11,14H,4-9H2,1-3H3/t10-,11+. The van der Waals surface area contributed by atoms with E-state index in [1.807, 2.05) is 0 Å². The van der Waals surface area contributed by atoms with Crippen LogP contribution in [0.2, 0.25) is 0 Å². The number of hydrogen-bond donors (Lipinski definition) is 1. The first-order chi connectivity index (χ1) is 7.46. The van der Waals surface area contributed by atoms with E-state index < -0.39 is 0 Å². The summed E-state index contributed by atoms with van der Waals surface area (Å²) in [5.41, 5.74) is 0.271. The zero-order valence-electron chi connectivity index (χ0n) is 10.8. The number of amides is 1. The molecule has 0 bridgehead atoms. The van der Waals surface area contributed by atoms with Crippen LogP contribution in [-0.4, -0.2) is 37.0 Å². The van der Waals surface area contributed by atoms with E-state index >= 15 is 0 Å². The number of carbonyl (C=O) groups excluding carboxylic acids is 1. The first kappa shape index (κ1) is 11.9. The van der Waals surface area contributed by atoms with Crippen molar-refractivity contribution in [1.82, 2.24) is 10.2 Å². The first-order valence-electron chi connectivity index (χ1n) is 6.44. The van der Waals surface area contributed by atoms with Crippen LogP contribution < -0.4 is 5.32 Å². The van der Waals surface area contributed by atoms with Crippen LogP contribution >= 0.6 is 0 Å². The molecule has 2 heterocycles. The number of likely N-dealkylation sites (tertiary alicyclic amines) is 1. The van der Waals surface area contributed by atoms with Gasteiger partial charge in [-0.15, -0.1) is 0 Å². The van der Waals surface area contributed by atoms with Gasteiger partial charge in [0.25, 0.3) is 0 Å². The summed E-state index contributed by atoms with van der Waals surface area (Å²) in [7, 11) is 0. The Hall–Kier alpha value is -0.570. The molecule has 0 saturated carbocycles. The summed E-state index contributed by atoms with van der Waals surface area (Å²) < 4.78 is 0. The van der Waals surface area contributed by atoms with Gasteiger partial charge in [0.05, 0.1) is 0 Å². The maximum absolute atomic E-state index is 12.0. The lowest BCUT2D eigenvalue weighted by atomic mass is 9.90. The Morgan fingerprint density at radius 1 is 1.25 bits per heavy atom. The molecule has 3 nitrogen and oxygen atoms in total. The Kier molecular flexibility index (Phi) is 3.24. The highest BCUT2D eigenvalue weighted by molar-refractivity contribution is 5.76. The van der Waals surface area contributed by atoms with Crippen molar-refractivity contribution in [3.63, 3.8) is 0 Å². The molecule has 1 amide bonds. The minimum Gasteiger partial charge on any atom is -0.342 e. The second-order valence-electron chi connectivity index (χ2n) is 6.54. The molecule has 2 aliphatic rings. The molecule has 3 heteroatoms. The van der Waals surface area contributed by atoms with Gasteiger partial charge in [-0.1, -0.05) is 20.8 Å². The fourth-order valence-corrected chi connectivity index (χ4v) is 2.70. The van der Waals surface area contributed by atoms with Crippen molar-refractivity contribution in [1.29, 1.82) is 0 Å². The van der Waals surface area contributed by atoms with E-state index in [0.29, 0.717) is 5.91 Å². The van der Waals surface area contributed by atoms with E-state index in [1.165, 1.54) is 0 Å². The van der Waals surface area contributed by atoms with E-state index in [0.717, 1.165) is 50.9 Å². The van der Waals surface area contributed by atoms with Gasteiger partial charge in [-0.25, -0.2) is 0 Å². The summed E-state index contributed by atoms with van der Waals surface area (Å²) in [5.74, 6) is 1.81. The largest absolute Gasteiger partial charge is 0.342 e. The lowest BCUT2D eigenvalue weighted by Gasteiger charge is -2.21. The van der Waals surface area contributed by atoms with Gasteiger partial charge in [-0.2, -0.15) is 0 Å². The molecule has 2 fully saturated rings. The summed E-state index contributed by atoms with van der Waals surface area (Å²) in [6.45, 7) is 10.8. The van der Waals surface area contributed by atoms with Crippen molar-refractivity contribution < 1.29 is 4.79 Å². The van der Waals surface area contributed by atoms with Gasteiger partial charge in [0.15, 0.2) is 0 Å². The van der Waals surface area contributed by atoms with Crippen LogP contribution in [-0.2, 0) is 4.79 Å². The Labute approximate surface area is 98.6 Å². The zero-order valence-corrected chi connectivity index (χ0v) is 10.8. The van der Waals surface area contributed by atoms with Crippen molar-refractivity contribution >= 4 is 5.91 Å². The number of fused-ring (bicyclic) bond motifs is 1. The summed E-state index contributed by atoms with van der Waals surface area (Å²) in [5, 5.41) is 3.40. The molecule has 0 aromatic heterocycles. The third-order valence-corrected chi connectivity index (χ3v) is 3.83. The van der Waals surface area contributed by atoms with Gasteiger partial charge in [0.2, 0.25) is 5.91 Å². The summed E-state index contributed by atoms with van der Waals surface area (Å²) >= 11 is 0. The van der Waals surface area contributed by atoms with Crippen molar-refractivity contribution in [2.24, 2.45) is 17.3 Å². The van der Waals surface area contributed by atoms with Gasteiger partial charge in [0, 0.05) is 32.6 Å². The molecule has 1 N–H and O–H groups in total. The molecule has 92 valence electrons. The second-order valence-corrected chi connectivity index (χ2v) is 6.54. The average molecular weight is 224 g/mol. The van der Waals surface area contributed by atoms with Gasteiger partial charge in [-0.3, -0.25) is 4.79 Å². The molecule has 0 radical (unpaired) electrons. The second kappa shape index (κ2) is 4.36. The minimum atomic E-state index is 0.271. The monoisotopic (exact) mass is 224 g/mol. The molecule has 0 aromatic carbocycles. The predicted octanol–water partition coefficient (Wildman–Crippen LogP) is 1.49. The topological polar surface area (TPSA) is 32.3 Å². The number of rotatable bonds is 2. The SMILES string of the molecule is CC(C)(C)CCC(=O)N1C[C@H]2CNC[C@H]2C1. The number of nitrogens with zero attached hydrogens (tertiary/aromatic N) is 1.